The van der Waals surface area contributed by atoms with E-state index in [1.165, 1.54) is 135 Å². The molecule has 0 aromatic rings. The molecule has 6 heteroatoms. The number of hydrogen-bond acceptors (Lipinski definition) is 5. The Morgan fingerprint density at radius 2 is 0.906 bits per heavy atom. The summed E-state index contributed by atoms with van der Waals surface area (Å²) in [4.78, 5) is 24.4. The van der Waals surface area contributed by atoms with Crippen molar-refractivity contribution in [3.63, 3.8) is 0 Å². The summed E-state index contributed by atoms with van der Waals surface area (Å²) in [6.07, 6.45) is 48.6. The molecular weight excluding hydrogens is 659 g/mol. The fourth-order valence-electron chi connectivity index (χ4n) is 6.87. The normalized spacial score (nSPS) is 12.9. The van der Waals surface area contributed by atoms with Crippen LogP contribution in [0.5, 0.6) is 0 Å². The lowest BCUT2D eigenvalue weighted by Gasteiger charge is -2.22. The molecule has 0 aliphatic carbocycles. The Kier molecular flexibility index (Phi) is 41.7. The molecule has 0 aromatic carbocycles. The van der Waals surface area contributed by atoms with Gasteiger partial charge in [0.1, 0.15) is 0 Å². The third kappa shape index (κ3) is 39.8. The summed E-state index contributed by atoms with van der Waals surface area (Å²) in [5.41, 5.74) is 0. The predicted molar refractivity (Wildman–Crippen MR) is 227 cm³/mol. The van der Waals surface area contributed by atoms with Gasteiger partial charge < -0.3 is 20.3 Å². The van der Waals surface area contributed by atoms with E-state index in [9.17, 15) is 19.8 Å². The van der Waals surface area contributed by atoms with Gasteiger partial charge in [-0.25, -0.2) is 0 Å². The van der Waals surface area contributed by atoms with Crippen LogP contribution >= 0.6 is 0 Å². The third-order valence-electron chi connectivity index (χ3n) is 10.5. The lowest BCUT2D eigenvalue weighted by molar-refractivity contribution is -0.143. The highest BCUT2D eigenvalue weighted by atomic mass is 16.5. The fourth-order valence-corrected chi connectivity index (χ4v) is 6.87. The van der Waals surface area contributed by atoms with E-state index in [0.717, 1.165) is 70.6 Å². The van der Waals surface area contributed by atoms with Crippen LogP contribution in [0, 0.1) is 0 Å². The summed E-state index contributed by atoms with van der Waals surface area (Å²) in [6.45, 7) is 4.83. The molecule has 0 saturated heterocycles. The lowest BCUT2D eigenvalue weighted by Crippen LogP contribution is -2.45. The van der Waals surface area contributed by atoms with Gasteiger partial charge in [-0.1, -0.05) is 179 Å². The second kappa shape index (κ2) is 43.1. The molecule has 6 nitrogen and oxygen atoms in total. The molecule has 312 valence electrons. The van der Waals surface area contributed by atoms with Gasteiger partial charge in [-0.2, -0.15) is 0 Å². The van der Waals surface area contributed by atoms with Crippen LogP contribution in [0.2, 0.25) is 0 Å². The molecule has 0 rings (SSSR count). The van der Waals surface area contributed by atoms with E-state index in [-0.39, 0.29) is 18.5 Å². The first-order valence-electron chi connectivity index (χ1n) is 23.1. The van der Waals surface area contributed by atoms with E-state index in [0.29, 0.717) is 25.9 Å². The molecule has 0 spiro atoms. The zero-order valence-electron chi connectivity index (χ0n) is 35.2. The Morgan fingerprint density at radius 1 is 0.509 bits per heavy atom. The molecule has 0 bridgehead atoms. The molecule has 1 amide bonds. The Hall–Kier alpha value is -1.66. The van der Waals surface area contributed by atoms with Crippen molar-refractivity contribution in [2.24, 2.45) is 0 Å². The zero-order valence-corrected chi connectivity index (χ0v) is 35.2. The van der Waals surface area contributed by atoms with E-state index in [2.05, 4.69) is 43.5 Å². The number of ether oxygens (including phenoxy) is 1. The minimum Gasteiger partial charge on any atom is -0.466 e. The minimum absolute atomic E-state index is 0.0400. The van der Waals surface area contributed by atoms with Crippen molar-refractivity contribution in [3.8, 4) is 0 Å². The maximum Gasteiger partial charge on any atom is 0.305 e. The molecule has 0 saturated carbocycles. The Bertz CT molecular complexity index is 828. The van der Waals surface area contributed by atoms with Gasteiger partial charge in [0.15, 0.2) is 0 Å². The van der Waals surface area contributed by atoms with Crippen molar-refractivity contribution in [1.82, 2.24) is 5.32 Å². The first-order valence-corrected chi connectivity index (χ1v) is 23.1. The van der Waals surface area contributed by atoms with Crippen molar-refractivity contribution in [1.29, 1.82) is 0 Å². The second-order valence-electron chi connectivity index (χ2n) is 15.7. The molecule has 0 aliphatic rings. The maximum atomic E-state index is 12.3. The number of nitrogens with one attached hydrogen (secondary N) is 1. The summed E-state index contributed by atoms with van der Waals surface area (Å²) in [7, 11) is 0. The minimum atomic E-state index is -0.693. The molecule has 2 unspecified atom stereocenters. The molecular formula is C47H89NO5. The number of hydrogen-bond donors (Lipinski definition) is 3. The molecule has 2 atom stereocenters. The van der Waals surface area contributed by atoms with E-state index in [1.807, 2.05) is 0 Å². The Labute approximate surface area is 329 Å². The van der Waals surface area contributed by atoms with Gasteiger partial charge in [0.25, 0.3) is 0 Å². The van der Waals surface area contributed by atoms with Crippen molar-refractivity contribution in [3.05, 3.63) is 24.3 Å². The van der Waals surface area contributed by atoms with Crippen molar-refractivity contribution in [2.75, 3.05) is 13.2 Å². The number of esters is 1. The van der Waals surface area contributed by atoms with Crippen LogP contribution in [0.15, 0.2) is 24.3 Å². The summed E-state index contributed by atoms with van der Waals surface area (Å²) in [5, 5.41) is 23.0. The lowest BCUT2D eigenvalue weighted by atomic mass is 10.0. The fraction of sp³-hybridized carbons (Fsp3) is 0.872. The molecule has 53 heavy (non-hydrogen) atoms. The van der Waals surface area contributed by atoms with E-state index in [4.69, 9.17) is 4.74 Å². The van der Waals surface area contributed by atoms with Gasteiger partial charge in [0, 0.05) is 12.8 Å². The summed E-state index contributed by atoms with van der Waals surface area (Å²) in [5.74, 6) is -0.138. The third-order valence-corrected chi connectivity index (χ3v) is 10.5. The van der Waals surface area contributed by atoms with Crippen molar-refractivity contribution < 1.29 is 24.5 Å². The SMILES string of the molecule is CCCCCCCC/C=C\CCCCCCCCCC(=O)OCCCCCC/C=C\CCCC(=O)NC(CO)C(O)CCCCCCCCCCCC. The number of carbonyl (C=O) groups is 2. The molecule has 0 radical (unpaired) electrons. The number of amides is 1. The predicted octanol–water partition coefficient (Wildman–Crippen LogP) is 13.2. The van der Waals surface area contributed by atoms with Crippen LogP contribution in [0.25, 0.3) is 0 Å². The highest BCUT2D eigenvalue weighted by molar-refractivity contribution is 5.76. The van der Waals surface area contributed by atoms with Crippen LogP contribution in [0.3, 0.4) is 0 Å². The number of aliphatic hydroxyl groups excluding tert-OH is 2. The molecule has 0 heterocycles. The van der Waals surface area contributed by atoms with E-state index < -0.39 is 12.1 Å². The Morgan fingerprint density at radius 3 is 1.38 bits per heavy atom. The first-order chi connectivity index (χ1) is 26.0. The van der Waals surface area contributed by atoms with Gasteiger partial charge in [-0.05, 0) is 70.6 Å². The highest BCUT2D eigenvalue weighted by Crippen LogP contribution is 2.15. The smallest absolute Gasteiger partial charge is 0.305 e. The Balaban J connectivity index is 3.53. The topological polar surface area (TPSA) is 95.9 Å². The average molecular weight is 748 g/mol. The number of rotatable bonds is 42. The van der Waals surface area contributed by atoms with Crippen molar-refractivity contribution in [2.45, 2.75) is 251 Å². The van der Waals surface area contributed by atoms with Gasteiger partial charge in [0.05, 0.1) is 25.4 Å². The van der Waals surface area contributed by atoms with Crippen LogP contribution in [0.4, 0.5) is 0 Å². The molecule has 0 aromatic heterocycles. The number of carbonyl (C=O) groups excluding carboxylic acids is 2. The maximum absolute atomic E-state index is 12.3. The molecule has 0 fully saturated rings. The van der Waals surface area contributed by atoms with Gasteiger partial charge in [-0.3, -0.25) is 9.59 Å². The zero-order chi connectivity index (χ0) is 38.7. The number of allylic oxidation sites excluding steroid dienone is 4. The first kappa shape index (κ1) is 51.3. The van der Waals surface area contributed by atoms with Gasteiger partial charge >= 0.3 is 5.97 Å². The summed E-state index contributed by atoms with van der Waals surface area (Å²) < 4.78 is 5.43. The summed E-state index contributed by atoms with van der Waals surface area (Å²) >= 11 is 0. The van der Waals surface area contributed by atoms with Crippen LogP contribution in [-0.4, -0.2) is 47.4 Å². The summed E-state index contributed by atoms with van der Waals surface area (Å²) in [6, 6.07) is -0.577. The van der Waals surface area contributed by atoms with Gasteiger partial charge in [-0.15, -0.1) is 0 Å². The number of unbranched alkanes of at least 4 members (excludes halogenated alkanes) is 27. The van der Waals surface area contributed by atoms with Crippen LogP contribution < -0.4 is 5.32 Å². The molecule has 0 aliphatic heterocycles. The monoisotopic (exact) mass is 748 g/mol. The van der Waals surface area contributed by atoms with E-state index >= 15 is 0 Å². The number of aliphatic hydroxyl groups is 2. The second-order valence-corrected chi connectivity index (χ2v) is 15.7. The van der Waals surface area contributed by atoms with E-state index in [1.54, 1.807) is 0 Å². The van der Waals surface area contributed by atoms with Crippen LogP contribution in [0.1, 0.15) is 239 Å². The van der Waals surface area contributed by atoms with Crippen molar-refractivity contribution >= 4 is 11.9 Å². The molecule has 3 N–H and O–H groups in total. The van der Waals surface area contributed by atoms with Gasteiger partial charge in [0.2, 0.25) is 5.91 Å². The van der Waals surface area contributed by atoms with Crippen LogP contribution in [-0.2, 0) is 14.3 Å². The standard InChI is InChI=1S/C47H89NO5/c1-3-5-7-9-11-13-15-16-17-18-19-20-21-25-29-33-37-41-47(52)53-42-38-34-30-26-22-24-28-32-36-40-46(51)48-44(43-49)45(50)39-35-31-27-23-14-12-10-8-6-4-2/h16-17,24,28,44-45,49-50H,3-15,18-23,25-27,29-43H2,1-2H3,(H,48,51)/b17-16-,28-24-. The highest BCUT2D eigenvalue weighted by Gasteiger charge is 2.19. The quantitative estimate of drug-likeness (QED) is 0.0328. The largest absolute Gasteiger partial charge is 0.466 e. The average Bonchev–Trinajstić information content (AvgIpc) is 3.16.